The minimum absolute atomic E-state index is 0.0209. The highest BCUT2D eigenvalue weighted by Crippen LogP contribution is 2.25. The Morgan fingerprint density at radius 3 is 2.58 bits per heavy atom. The van der Waals surface area contributed by atoms with Crippen molar-refractivity contribution in [1.82, 2.24) is 14.5 Å². The molecule has 0 spiro atoms. The van der Waals surface area contributed by atoms with Crippen molar-refractivity contribution in [1.29, 1.82) is 0 Å². The minimum atomic E-state index is -1.49. The van der Waals surface area contributed by atoms with Gasteiger partial charge in [-0.05, 0) is 43.3 Å². The normalized spacial score (nSPS) is 21.0. The zero-order chi connectivity index (χ0) is 25.5. The molecular weight excluding hydrogens is 482 g/mol. The molecule has 2 aromatic rings. The van der Waals surface area contributed by atoms with Crippen LogP contribution < -0.4 is 10.1 Å². The molecule has 9 nitrogen and oxygen atoms in total. The maximum atomic E-state index is 13.6. The lowest BCUT2D eigenvalue weighted by molar-refractivity contribution is 0.0446. The molecule has 10 heteroatoms. The van der Waals surface area contributed by atoms with Gasteiger partial charge in [-0.3, -0.25) is 0 Å². The van der Waals surface area contributed by atoms with E-state index in [2.05, 4.69) is 10.2 Å². The van der Waals surface area contributed by atoms with E-state index < -0.39 is 29.6 Å². The number of methoxy groups -OCH3 is 1. The molecule has 2 aromatic carbocycles. The van der Waals surface area contributed by atoms with Crippen molar-refractivity contribution in [3.8, 4) is 5.75 Å². The predicted octanol–water partition coefficient (Wildman–Crippen LogP) is 1.82. The number of amides is 1. The number of likely N-dealkylation sites (tertiary alicyclic amines) is 1. The predicted molar refractivity (Wildman–Crippen MR) is 136 cm³/mol. The second-order valence-electron chi connectivity index (χ2n) is 9.30. The molecule has 0 saturated carbocycles. The second kappa shape index (κ2) is 12.8. The number of alkyl carbamates (subject to hydrolysis) is 1. The fraction of sp³-hybridized carbons (Fsp3) is 0.500. The van der Waals surface area contributed by atoms with Gasteiger partial charge in [0.05, 0.1) is 56.4 Å². The van der Waals surface area contributed by atoms with Gasteiger partial charge in [-0.15, -0.1) is 4.31 Å². The number of benzene rings is 2. The molecule has 2 N–H and O–H groups in total. The Morgan fingerprint density at radius 2 is 1.97 bits per heavy atom. The fourth-order valence-electron chi connectivity index (χ4n) is 4.43. The number of likely N-dealkylation sites (N-methyl/N-ethyl adjacent to an activating group) is 1. The van der Waals surface area contributed by atoms with Gasteiger partial charge in [0.2, 0.25) is 0 Å². The molecule has 0 bridgehead atoms. The maximum Gasteiger partial charge on any atom is 0.407 e. The molecule has 2 aliphatic heterocycles. The van der Waals surface area contributed by atoms with Gasteiger partial charge in [0, 0.05) is 19.5 Å². The average molecular weight is 518 g/mol. The summed E-state index contributed by atoms with van der Waals surface area (Å²) >= 11 is -1.49. The molecule has 0 aromatic heterocycles. The Balaban J connectivity index is 1.48. The first-order valence-electron chi connectivity index (χ1n) is 12.2. The Hall–Kier alpha value is -2.34. The van der Waals surface area contributed by atoms with E-state index in [1.165, 1.54) is 0 Å². The summed E-state index contributed by atoms with van der Waals surface area (Å²) in [4.78, 5) is 15.4. The molecule has 0 radical (unpaired) electrons. The molecular formula is C26H35N3O6S. The smallest absolute Gasteiger partial charge is 0.407 e. The van der Waals surface area contributed by atoms with Crippen LogP contribution >= 0.6 is 0 Å². The number of hydrogen-bond acceptors (Lipinski definition) is 8. The molecule has 1 amide bonds. The Bertz CT molecular complexity index is 954. The third kappa shape index (κ3) is 7.12. The summed E-state index contributed by atoms with van der Waals surface area (Å²) in [6.07, 6.45) is -0.791. The van der Waals surface area contributed by atoms with Gasteiger partial charge in [0.1, 0.15) is 11.9 Å². The third-order valence-electron chi connectivity index (χ3n) is 6.52. The first kappa shape index (κ1) is 26.7. The van der Waals surface area contributed by atoms with Gasteiger partial charge in [0.25, 0.3) is 0 Å². The van der Waals surface area contributed by atoms with Crippen LogP contribution in [-0.4, -0.2) is 96.3 Å². The van der Waals surface area contributed by atoms with E-state index in [4.69, 9.17) is 14.2 Å². The standard InChI is InChI=1S/C26H35N3O6S/c1-28-15-20(16-28)29(36(32)23-10-8-21(33-2)9-11-23)17-25(30)24(14-19-6-4-3-5-7-19)27-26(31)35-22-12-13-34-18-22/h3-11,20,22,24-25,30H,12-18H2,1-2H3,(H,27,31)/t22-,24-,25+,36?/m0/s1. The van der Waals surface area contributed by atoms with E-state index in [9.17, 15) is 14.5 Å². The van der Waals surface area contributed by atoms with Crippen molar-refractivity contribution >= 4 is 17.5 Å². The average Bonchev–Trinajstić information content (AvgIpc) is 3.38. The maximum absolute atomic E-state index is 13.6. The van der Waals surface area contributed by atoms with Gasteiger partial charge in [0.15, 0.2) is 4.90 Å². The Kier molecular flexibility index (Phi) is 9.47. The summed E-state index contributed by atoms with van der Waals surface area (Å²) < 4.78 is 31.4. The molecule has 2 heterocycles. The molecule has 196 valence electrons. The SMILES string of the molecule is COc1ccc([S+]([O-])N(C[C@@H](O)[C@H](Cc2ccccc2)NC(=O)O[C@H]2CCOC2)C2CN(C)C2)cc1. The summed E-state index contributed by atoms with van der Waals surface area (Å²) in [5.74, 6) is 0.684. The number of aliphatic hydroxyl groups is 1. The van der Waals surface area contributed by atoms with Gasteiger partial charge in [-0.25, -0.2) is 4.79 Å². The molecule has 2 fully saturated rings. The molecule has 2 aliphatic rings. The van der Waals surface area contributed by atoms with E-state index in [0.717, 1.165) is 18.7 Å². The van der Waals surface area contributed by atoms with Crippen molar-refractivity contribution in [2.24, 2.45) is 0 Å². The van der Waals surface area contributed by atoms with Gasteiger partial charge in [-0.2, -0.15) is 0 Å². The largest absolute Gasteiger partial charge is 0.593 e. The van der Waals surface area contributed by atoms with Crippen molar-refractivity contribution < 1.29 is 28.7 Å². The van der Waals surface area contributed by atoms with Crippen LogP contribution in [0.1, 0.15) is 12.0 Å². The summed E-state index contributed by atoms with van der Waals surface area (Å²) in [6.45, 7) is 2.56. The van der Waals surface area contributed by atoms with Crippen LogP contribution in [0.5, 0.6) is 5.75 Å². The van der Waals surface area contributed by atoms with Gasteiger partial charge in [-0.1, -0.05) is 30.3 Å². The van der Waals surface area contributed by atoms with Crippen molar-refractivity contribution in [3.05, 3.63) is 60.2 Å². The van der Waals surface area contributed by atoms with Crippen LogP contribution in [0.4, 0.5) is 4.79 Å². The zero-order valence-corrected chi connectivity index (χ0v) is 21.6. The van der Waals surface area contributed by atoms with Crippen LogP contribution in [0, 0.1) is 0 Å². The number of rotatable bonds is 11. The van der Waals surface area contributed by atoms with E-state index >= 15 is 0 Å². The highest BCUT2D eigenvalue weighted by molar-refractivity contribution is 7.89. The lowest BCUT2D eigenvalue weighted by Crippen LogP contribution is -2.62. The molecule has 4 rings (SSSR count). The number of nitrogens with zero attached hydrogens (tertiary/aromatic N) is 2. The summed E-state index contributed by atoms with van der Waals surface area (Å²) in [7, 11) is 3.59. The number of nitrogens with one attached hydrogen (secondary N) is 1. The lowest BCUT2D eigenvalue weighted by atomic mass is 10.0. The van der Waals surface area contributed by atoms with Crippen molar-refractivity contribution in [2.45, 2.75) is 42.0 Å². The summed E-state index contributed by atoms with van der Waals surface area (Å²) in [5.41, 5.74) is 0.970. The van der Waals surface area contributed by atoms with E-state index in [1.807, 2.05) is 41.7 Å². The third-order valence-corrected chi connectivity index (χ3v) is 8.07. The lowest BCUT2D eigenvalue weighted by Gasteiger charge is -2.43. The summed E-state index contributed by atoms with van der Waals surface area (Å²) in [6, 6.07) is 16.2. The van der Waals surface area contributed by atoms with Gasteiger partial charge >= 0.3 is 6.09 Å². The minimum Gasteiger partial charge on any atom is -0.593 e. The topological polar surface area (TPSA) is 107 Å². The molecule has 4 atom stereocenters. The Morgan fingerprint density at radius 1 is 1.25 bits per heavy atom. The highest BCUT2D eigenvalue weighted by Gasteiger charge is 2.40. The first-order valence-corrected chi connectivity index (χ1v) is 13.3. The Labute approximate surface area is 215 Å². The van der Waals surface area contributed by atoms with Crippen LogP contribution in [0.2, 0.25) is 0 Å². The van der Waals surface area contributed by atoms with Crippen molar-refractivity contribution in [2.75, 3.05) is 47.0 Å². The van der Waals surface area contributed by atoms with Gasteiger partial charge < -0.3 is 34.1 Å². The van der Waals surface area contributed by atoms with E-state index in [1.54, 1.807) is 31.4 Å². The monoisotopic (exact) mass is 517 g/mol. The highest BCUT2D eigenvalue weighted by atomic mass is 32.2. The van der Waals surface area contributed by atoms with Crippen LogP contribution in [-0.2, 0) is 27.3 Å². The molecule has 2 saturated heterocycles. The second-order valence-corrected chi connectivity index (χ2v) is 10.7. The van der Waals surface area contributed by atoms with Crippen LogP contribution in [0.3, 0.4) is 0 Å². The fourth-order valence-corrected chi connectivity index (χ4v) is 5.77. The number of carbonyl (C=O) groups is 1. The van der Waals surface area contributed by atoms with E-state index in [0.29, 0.717) is 36.7 Å². The molecule has 0 aliphatic carbocycles. The number of aliphatic hydroxyl groups excluding tert-OH is 1. The number of carbonyl (C=O) groups excluding carboxylic acids is 1. The first-order chi connectivity index (χ1) is 17.4. The van der Waals surface area contributed by atoms with Crippen LogP contribution in [0.15, 0.2) is 59.5 Å². The van der Waals surface area contributed by atoms with E-state index in [-0.39, 0.29) is 18.7 Å². The molecule has 1 unspecified atom stereocenters. The van der Waals surface area contributed by atoms with Crippen molar-refractivity contribution in [3.63, 3.8) is 0 Å². The zero-order valence-electron chi connectivity index (χ0n) is 20.7. The quantitative estimate of drug-likeness (QED) is 0.435. The number of ether oxygens (including phenoxy) is 3. The summed E-state index contributed by atoms with van der Waals surface area (Å²) in [5, 5.41) is 14.2. The molecule has 36 heavy (non-hydrogen) atoms. The number of hydrogen-bond donors (Lipinski definition) is 2. The van der Waals surface area contributed by atoms with Crippen LogP contribution in [0.25, 0.3) is 0 Å².